The van der Waals surface area contributed by atoms with Gasteiger partial charge in [-0.2, -0.15) is 0 Å². The van der Waals surface area contributed by atoms with Gasteiger partial charge in [0.15, 0.2) is 0 Å². The summed E-state index contributed by atoms with van der Waals surface area (Å²) >= 11 is 0. The lowest BCUT2D eigenvalue weighted by Crippen LogP contribution is -2.08. The molecular weight excluding hydrogens is 240 g/mol. The predicted molar refractivity (Wildman–Crippen MR) is 76.5 cm³/mol. The van der Waals surface area contributed by atoms with E-state index in [-0.39, 0.29) is 0 Å². The van der Waals surface area contributed by atoms with Crippen LogP contribution >= 0.6 is 0 Å². The highest BCUT2D eigenvalue weighted by molar-refractivity contribution is 5.96. The minimum Gasteiger partial charge on any atom is -0.462 e. The molecule has 0 fully saturated rings. The van der Waals surface area contributed by atoms with E-state index in [2.05, 4.69) is 5.32 Å². The third kappa shape index (κ3) is 3.25. The average Bonchev–Trinajstić information content (AvgIpc) is 2.42. The fourth-order valence-corrected chi connectivity index (χ4v) is 1.71. The first-order valence-corrected chi connectivity index (χ1v) is 6.09. The average molecular weight is 256 g/mol. The highest BCUT2D eigenvalue weighted by Gasteiger charge is 2.11. The molecule has 0 bridgehead atoms. The van der Waals surface area contributed by atoms with E-state index >= 15 is 0 Å². The third-order valence-corrected chi connectivity index (χ3v) is 2.61. The molecule has 0 aliphatic heterocycles. The van der Waals surface area contributed by atoms with Crippen LogP contribution in [0.2, 0.25) is 0 Å². The van der Waals surface area contributed by atoms with E-state index in [9.17, 15) is 4.79 Å². The molecule has 0 aliphatic carbocycles. The largest absolute Gasteiger partial charge is 0.462 e. The third-order valence-electron chi connectivity index (χ3n) is 2.61. The van der Waals surface area contributed by atoms with Crippen molar-refractivity contribution < 1.29 is 9.53 Å². The maximum Gasteiger partial charge on any atom is 0.340 e. The van der Waals surface area contributed by atoms with Crippen molar-refractivity contribution in [2.45, 2.75) is 6.92 Å². The molecule has 4 heteroatoms. The van der Waals surface area contributed by atoms with Crippen molar-refractivity contribution in [3.63, 3.8) is 0 Å². The van der Waals surface area contributed by atoms with Crippen LogP contribution in [0.5, 0.6) is 0 Å². The number of hydrogen-bond acceptors (Lipinski definition) is 4. The Morgan fingerprint density at radius 2 is 1.89 bits per heavy atom. The predicted octanol–water partition coefficient (Wildman–Crippen LogP) is 3.19. The maximum absolute atomic E-state index is 11.7. The summed E-state index contributed by atoms with van der Waals surface area (Å²) in [5.41, 5.74) is 8.32. The van der Waals surface area contributed by atoms with Gasteiger partial charge in [0.05, 0.1) is 12.2 Å². The number of benzene rings is 2. The number of para-hydroxylation sites is 1. The zero-order valence-corrected chi connectivity index (χ0v) is 10.7. The second-order valence-electron chi connectivity index (χ2n) is 4.01. The minimum atomic E-state index is -0.406. The SMILES string of the molecule is CCOC(=O)c1cc(Nc2ccccc2)ccc1N. The molecule has 0 heterocycles. The van der Waals surface area contributed by atoms with Gasteiger partial charge in [0.1, 0.15) is 0 Å². The van der Waals surface area contributed by atoms with Crippen LogP contribution in [0, 0.1) is 0 Å². The van der Waals surface area contributed by atoms with Gasteiger partial charge < -0.3 is 15.8 Å². The molecule has 0 aromatic heterocycles. The molecule has 0 spiro atoms. The summed E-state index contributed by atoms with van der Waals surface area (Å²) in [5.74, 6) is -0.406. The molecule has 4 nitrogen and oxygen atoms in total. The lowest BCUT2D eigenvalue weighted by Gasteiger charge is -2.10. The molecule has 0 radical (unpaired) electrons. The van der Waals surface area contributed by atoms with Crippen molar-refractivity contribution in [1.29, 1.82) is 0 Å². The molecule has 0 saturated heterocycles. The summed E-state index contributed by atoms with van der Waals surface area (Å²) in [6.07, 6.45) is 0. The van der Waals surface area contributed by atoms with Crippen molar-refractivity contribution in [2.75, 3.05) is 17.7 Å². The lowest BCUT2D eigenvalue weighted by atomic mass is 10.1. The molecular formula is C15H16N2O2. The number of nitrogens with two attached hydrogens (primary N) is 1. The highest BCUT2D eigenvalue weighted by atomic mass is 16.5. The second-order valence-corrected chi connectivity index (χ2v) is 4.01. The highest BCUT2D eigenvalue weighted by Crippen LogP contribution is 2.22. The number of nitrogens with one attached hydrogen (secondary N) is 1. The Bertz CT molecular complexity index is 568. The number of carbonyl (C=O) groups is 1. The Morgan fingerprint density at radius 1 is 1.16 bits per heavy atom. The van der Waals surface area contributed by atoms with Crippen LogP contribution in [-0.4, -0.2) is 12.6 Å². The standard InChI is InChI=1S/C15H16N2O2/c1-2-19-15(18)13-10-12(8-9-14(13)16)17-11-6-4-3-5-7-11/h3-10,17H,2,16H2,1H3. The van der Waals surface area contributed by atoms with Crippen LogP contribution in [0.3, 0.4) is 0 Å². The molecule has 98 valence electrons. The number of carbonyl (C=O) groups excluding carboxylic acids is 1. The number of ether oxygens (including phenoxy) is 1. The van der Waals surface area contributed by atoms with Crippen molar-refractivity contribution in [3.05, 3.63) is 54.1 Å². The van der Waals surface area contributed by atoms with E-state index in [1.165, 1.54) is 0 Å². The van der Waals surface area contributed by atoms with Crippen LogP contribution in [0.1, 0.15) is 17.3 Å². The molecule has 3 N–H and O–H groups in total. The van der Waals surface area contributed by atoms with Crippen molar-refractivity contribution in [3.8, 4) is 0 Å². The summed E-state index contributed by atoms with van der Waals surface area (Å²) < 4.78 is 4.97. The van der Waals surface area contributed by atoms with E-state index < -0.39 is 5.97 Å². The van der Waals surface area contributed by atoms with Gasteiger partial charge in [-0.1, -0.05) is 18.2 Å². The van der Waals surface area contributed by atoms with E-state index in [1.54, 1.807) is 19.1 Å². The monoisotopic (exact) mass is 256 g/mol. The molecule has 0 aliphatic rings. The van der Waals surface area contributed by atoms with Gasteiger partial charge in [-0.05, 0) is 37.3 Å². The Kier molecular flexibility index (Phi) is 4.03. The summed E-state index contributed by atoms with van der Waals surface area (Å²) in [6, 6.07) is 14.9. The fraction of sp³-hybridized carbons (Fsp3) is 0.133. The number of rotatable bonds is 4. The number of hydrogen-bond donors (Lipinski definition) is 2. The number of nitrogen functional groups attached to an aromatic ring is 1. The Hall–Kier alpha value is -2.49. The van der Waals surface area contributed by atoms with E-state index in [0.29, 0.717) is 17.9 Å². The first-order chi connectivity index (χ1) is 9.20. The van der Waals surface area contributed by atoms with Gasteiger partial charge in [0.25, 0.3) is 0 Å². The lowest BCUT2D eigenvalue weighted by molar-refractivity contribution is 0.0527. The molecule has 19 heavy (non-hydrogen) atoms. The molecule has 2 rings (SSSR count). The van der Waals surface area contributed by atoms with E-state index in [1.807, 2.05) is 36.4 Å². The topological polar surface area (TPSA) is 64.3 Å². The van der Waals surface area contributed by atoms with Crippen molar-refractivity contribution in [2.24, 2.45) is 0 Å². The van der Waals surface area contributed by atoms with Crippen LogP contribution in [-0.2, 0) is 4.74 Å². The zero-order valence-electron chi connectivity index (χ0n) is 10.7. The Morgan fingerprint density at radius 3 is 2.58 bits per heavy atom. The van der Waals surface area contributed by atoms with Gasteiger partial charge >= 0.3 is 5.97 Å². The van der Waals surface area contributed by atoms with Crippen molar-refractivity contribution >= 4 is 23.0 Å². The first kappa shape index (κ1) is 13.0. The van der Waals surface area contributed by atoms with Crippen molar-refractivity contribution in [1.82, 2.24) is 0 Å². The first-order valence-electron chi connectivity index (χ1n) is 6.09. The van der Waals surface area contributed by atoms with Crippen LogP contribution in [0.4, 0.5) is 17.1 Å². The second kappa shape index (κ2) is 5.91. The molecule has 0 amide bonds. The van der Waals surface area contributed by atoms with Crippen LogP contribution < -0.4 is 11.1 Å². The van der Waals surface area contributed by atoms with Gasteiger partial charge in [-0.15, -0.1) is 0 Å². The molecule has 0 atom stereocenters. The van der Waals surface area contributed by atoms with Gasteiger partial charge in [0, 0.05) is 17.1 Å². The quantitative estimate of drug-likeness (QED) is 0.651. The summed E-state index contributed by atoms with van der Waals surface area (Å²) in [6.45, 7) is 2.09. The van der Waals surface area contributed by atoms with Gasteiger partial charge in [0.2, 0.25) is 0 Å². The smallest absolute Gasteiger partial charge is 0.340 e. The zero-order chi connectivity index (χ0) is 13.7. The number of esters is 1. The molecule has 0 unspecified atom stereocenters. The van der Waals surface area contributed by atoms with Crippen LogP contribution in [0.15, 0.2) is 48.5 Å². The Balaban J connectivity index is 2.23. The summed E-state index contributed by atoms with van der Waals surface area (Å²) in [4.78, 5) is 11.7. The summed E-state index contributed by atoms with van der Waals surface area (Å²) in [7, 11) is 0. The van der Waals surface area contributed by atoms with E-state index in [4.69, 9.17) is 10.5 Å². The van der Waals surface area contributed by atoms with Gasteiger partial charge in [-0.3, -0.25) is 0 Å². The Labute approximate surface area is 112 Å². The molecule has 0 saturated carbocycles. The van der Waals surface area contributed by atoms with Crippen LogP contribution in [0.25, 0.3) is 0 Å². The molecule has 2 aromatic rings. The normalized spacial score (nSPS) is 9.95. The van der Waals surface area contributed by atoms with E-state index in [0.717, 1.165) is 11.4 Å². The maximum atomic E-state index is 11.7. The fourth-order valence-electron chi connectivity index (χ4n) is 1.71. The van der Waals surface area contributed by atoms with Gasteiger partial charge in [-0.25, -0.2) is 4.79 Å². The summed E-state index contributed by atoms with van der Waals surface area (Å²) in [5, 5.41) is 3.21. The minimum absolute atomic E-state index is 0.328. The molecule has 2 aromatic carbocycles. The number of anilines is 3.